The summed E-state index contributed by atoms with van der Waals surface area (Å²) in [6, 6.07) is 17.2. The van der Waals surface area contributed by atoms with Gasteiger partial charge in [-0.25, -0.2) is 4.98 Å². The maximum Gasteiger partial charge on any atom is 0.255 e. The summed E-state index contributed by atoms with van der Waals surface area (Å²) in [5, 5.41) is 6.35. The number of furan rings is 1. The van der Waals surface area contributed by atoms with Gasteiger partial charge in [0.2, 0.25) is 0 Å². The average Bonchev–Trinajstić information content (AvgIpc) is 3.33. The number of aromatic nitrogens is 1. The first-order chi connectivity index (χ1) is 16.4. The summed E-state index contributed by atoms with van der Waals surface area (Å²) in [6.45, 7) is 5.80. The minimum atomic E-state index is -0.452. The Morgan fingerprint density at radius 2 is 1.85 bits per heavy atom. The molecule has 1 amide bonds. The number of nitrogens with one attached hydrogen (secondary N) is 2. The average molecular weight is 454 g/mol. The number of pyridine rings is 1. The molecule has 5 rings (SSSR count). The maximum atomic E-state index is 13.6. The van der Waals surface area contributed by atoms with Crippen molar-refractivity contribution in [2.45, 2.75) is 45.4 Å². The van der Waals surface area contributed by atoms with E-state index in [1.807, 2.05) is 69.3 Å². The van der Waals surface area contributed by atoms with Gasteiger partial charge in [0.15, 0.2) is 5.78 Å². The molecule has 0 bridgehead atoms. The molecule has 172 valence electrons. The number of nitrogens with zero attached hydrogens (tertiary/aromatic N) is 1. The van der Waals surface area contributed by atoms with Crippen LogP contribution in [0.2, 0.25) is 0 Å². The summed E-state index contributed by atoms with van der Waals surface area (Å²) in [7, 11) is 0. The van der Waals surface area contributed by atoms with Crippen molar-refractivity contribution in [3.8, 4) is 0 Å². The summed E-state index contributed by atoms with van der Waals surface area (Å²) in [6.07, 6.45) is 2.65. The summed E-state index contributed by atoms with van der Waals surface area (Å²) in [4.78, 5) is 31.6. The Bertz CT molecular complexity index is 1330. The summed E-state index contributed by atoms with van der Waals surface area (Å²) >= 11 is 0. The number of hydrogen-bond donors (Lipinski definition) is 2. The van der Waals surface area contributed by atoms with Crippen LogP contribution >= 0.6 is 0 Å². The lowest BCUT2D eigenvalue weighted by molar-refractivity contribution is -0.116. The van der Waals surface area contributed by atoms with Gasteiger partial charge in [-0.05, 0) is 62.6 Å². The van der Waals surface area contributed by atoms with Crippen LogP contribution in [0.15, 0.2) is 87.8 Å². The number of hydrogen-bond acceptors (Lipinski definition) is 5. The number of Topliss-reactive ketones (excluding diaryl/α,β-unsaturated/α-hetero) is 1. The Morgan fingerprint density at radius 1 is 1.03 bits per heavy atom. The molecule has 2 unspecified atom stereocenters. The van der Waals surface area contributed by atoms with E-state index in [0.29, 0.717) is 29.8 Å². The highest BCUT2D eigenvalue weighted by Crippen LogP contribution is 2.46. The van der Waals surface area contributed by atoms with E-state index in [2.05, 4.69) is 15.6 Å². The highest BCUT2D eigenvalue weighted by Gasteiger charge is 2.41. The zero-order valence-electron chi connectivity index (χ0n) is 19.5. The first kappa shape index (κ1) is 21.9. The monoisotopic (exact) mass is 453 g/mol. The number of aryl methyl sites for hydroxylation is 2. The minimum Gasteiger partial charge on any atom is -0.469 e. The van der Waals surface area contributed by atoms with Gasteiger partial charge >= 0.3 is 0 Å². The van der Waals surface area contributed by atoms with Crippen LogP contribution in [0.1, 0.15) is 54.2 Å². The number of amides is 1. The van der Waals surface area contributed by atoms with E-state index in [-0.39, 0.29) is 17.6 Å². The summed E-state index contributed by atoms with van der Waals surface area (Å²) in [5.41, 5.74) is 5.64. The number of carbonyl (C=O) groups is 2. The molecule has 3 heterocycles. The first-order valence-electron chi connectivity index (χ1n) is 11.5. The van der Waals surface area contributed by atoms with Crippen LogP contribution in [-0.2, 0) is 9.59 Å². The molecular weight excluding hydrogens is 426 g/mol. The van der Waals surface area contributed by atoms with Crippen molar-refractivity contribution < 1.29 is 14.0 Å². The fraction of sp³-hybridized carbons (Fsp3) is 0.250. The van der Waals surface area contributed by atoms with Gasteiger partial charge in [-0.15, -0.1) is 0 Å². The van der Waals surface area contributed by atoms with Gasteiger partial charge in [0, 0.05) is 46.5 Å². The molecular formula is C28H27N3O3. The number of rotatable bonds is 4. The third kappa shape index (κ3) is 3.96. The Balaban J connectivity index is 1.58. The molecule has 1 aliphatic carbocycles. The van der Waals surface area contributed by atoms with Crippen molar-refractivity contribution in [3.05, 3.63) is 106 Å². The van der Waals surface area contributed by atoms with Gasteiger partial charge < -0.3 is 15.1 Å². The first-order valence-corrected chi connectivity index (χ1v) is 11.5. The molecule has 6 nitrogen and oxygen atoms in total. The van der Waals surface area contributed by atoms with Crippen LogP contribution in [0.4, 0.5) is 5.82 Å². The van der Waals surface area contributed by atoms with Crippen molar-refractivity contribution in [3.63, 3.8) is 0 Å². The van der Waals surface area contributed by atoms with Gasteiger partial charge in [-0.3, -0.25) is 9.59 Å². The van der Waals surface area contributed by atoms with Crippen molar-refractivity contribution in [1.29, 1.82) is 0 Å². The van der Waals surface area contributed by atoms with Crippen LogP contribution < -0.4 is 10.6 Å². The molecule has 2 aromatic heterocycles. The highest BCUT2D eigenvalue weighted by molar-refractivity contribution is 6.09. The molecule has 0 fully saturated rings. The standard InChI is InChI=1S/C28H27N3O3/c1-16-8-4-5-10-20(16)26-25(28(33)31-24-12-6-9-17(2)29-24)18(3)30-21-14-19(15-22(32)27(21)26)23-11-7-13-34-23/h4-13,19,26,30H,14-15H2,1-3H3,(H,29,31,33). The van der Waals surface area contributed by atoms with E-state index >= 15 is 0 Å². The van der Waals surface area contributed by atoms with Crippen LogP contribution in [-0.4, -0.2) is 16.7 Å². The normalized spacial score (nSPS) is 20.1. The lowest BCUT2D eigenvalue weighted by atomic mass is 9.71. The Hall–Kier alpha value is -3.93. The van der Waals surface area contributed by atoms with E-state index in [1.165, 1.54) is 0 Å². The quantitative estimate of drug-likeness (QED) is 0.561. The second-order valence-corrected chi connectivity index (χ2v) is 9.01. The minimum absolute atomic E-state index is 0.0223. The zero-order chi connectivity index (χ0) is 23.8. The van der Waals surface area contributed by atoms with Gasteiger partial charge in [-0.2, -0.15) is 0 Å². The highest BCUT2D eigenvalue weighted by atomic mass is 16.3. The molecule has 3 aromatic rings. The second kappa shape index (κ2) is 8.78. The van der Waals surface area contributed by atoms with Crippen molar-refractivity contribution in [1.82, 2.24) is 10.3 Å². The smallest absolute Gasteiger partial charge is 0.255 e. The predicted molar refractivity (Wildman–Crippen MR) is 130 cm³/mol. The number of benzene rings is 1. The molecule has 0 spiro atoms. The number of carbonyl (C=O) groups excluding carboxylic acids is 2. The van der Waals surface area contributed by atoms with Gasteiger partial charge in [-0.1, -0.05) is 30.3 Å². The lowest BCUT2D eigenvalue weighted by Gasteiger charge is -2.37. The Kier molecular flexibility index (Phi) is 5.65. The largest absolute Gasteiger partial charge is 0.469 e. The van der Waals surface area contributed by atoms with E-state index in [0.717, 1.165) is 34.0 Å². The Morgan fingerprint density at radius 3 is 2.59 bits per heavy atom. The summed E-state index contributed by atoms with van der Waals surface area (Å²) in [5.74, 6) is 0.600. The summed E-state index contributed by atoms with van der Waals surface area (Å²) < 4.78 is 5.61. The molecule has 0 radical (unpaired) electrons. The molecule has 1 aromatic carbocycles. The molecule has 6 heteroatoms. The van der Waals surface area contributed by atoms with Gasteiger partial charge in [0.05, 0.1) is 6.26 Å². The van der Waals surface area contributed by atoms with E-state index in [1.54, 1.807) is 12.3 Å². The molecule has 2 N–H and O–H groups in total. The fourth-order valence-electron chi connectivity index (χ4n) is 5.08. The van der Waals surface area contributed by atoms with E-state index < -0.39 is 5.92 Å². The third-order valence-electron chi connectivity index (χ3n) is 6.65. The predicted octanol–water partition coefficient (Wildman–Crippen LogP) is 5.29. The van der Waals surface area contributed by atoms with Gasteiger partial charge in [0.25, 0.3) is 5.91 Å². The fourth-order valence-corrected chi connectivity index (χ4v) is 5.08. The maximum absolute atomic E-state index is 13.6. The van der Waals surface area contributed by atoms with Crippen LogP contribution in [0.5, 0.6) is 0 Å². The number of allylic oxidation sites excluding steroid dienone is 3. The lowest BCUT2D eigenvalue weighted by Crippen LogP contribution is -2.37. The Labute approximate surface area is 198 Å². The molecule has 2 atom stereocenters. The molecule has 1 aliphatic heterocycles. The van der Waals surface area contributed by atoms with E-state index in [4.69, 9.17) is 4.42 Å². The molecule has 0 saturated heterocycles. The van der Waals surface area contributed by atoms with E-state index in [9.17, 15) is 9.59 Å². The zero-order valence-corrected chi connectivity index (χ0v) is 19.5. The van der Waals surface area contributed by atoms with Crippen LogP contribution in [0.3, 0.4) is 0 Å². The molecule has 34 heavy (non-hydrogen) atoms. The molecule has 2 aliphatic rings. The van der Waals surface area contributed by atoms with Crippen molar-refractivity contribution in [2.75, 3.05) is 5.32 Å². The molecule has 0 saturated carbocycles. The van der Waals surface area contributed by atoms with Gasteiger partial charge in [0.1, 0.15) is 11.6 Å². The van der Waals surface area contributed by atoms with Crippen molar-refractivity contribution in [2.24, 2.45) is 0 Å². The topological polar surface area (TPSA) is 84.2 Å². The SMILES string of the molecule is CC1=C(C(=O)Nc2cccc(C)n2)C(c2ccccc2C)C2=C(CC(c3ccco3)CC2=O)N1. The number of dihydropyridines is 1. The van der Waals surface area contributed by atoms with Crippen LogP contribution in [0.25, 0.3) is 0 Å². The third-order valence-corrected chi connectivity index (χ3v) is 6.65. The number of anilines is 1. The second-order valence-electron chi connectivity index (χ2n) is 9.01. The van der Waals surface area contributed by atoms with Crippen molar-refractivity contribution >= 4 is 17.5 Å². The number of ketones is 1. The van der Waals surface area contributed by atoms with Crippen LogP contribution in [0, 0.1) is 13.8 Å².